The Bertz CT molecular complexity index is 999. The second kappa shape index (κ2) is 9.07. The molecule has 1 aliphatic carbocycles. The van der Waals surface area contributed by atoms with Gasteiger partial charge >= 0.3 is 0 Å². The fourth-order valence-corrected chi connectivity index (χ4v) is 5.02. The van der Waals surface area contributed by atoms with E-state index in [-0.39, 0.29) is 30.4 Å². The summed E-state index contributed by atoms with van der Waals surface area (Å²) in [6, 6.07) is 5.79. The van der Waals surface area contributed by atoms with E-state index in [1.54, 1.807) is 12.0 Å². The quantitative estimate of drug-likeness (QED) is 0.655. The fourth-order valence-electron chi connectivity index (χ4n) is 4.22. The van der Waals surface area contributed by atoms with Crippen molar-refractivity contribution in [3.8, 4) is 11.5 Å². The maximum Gasteiger partial charge on any atom is 0.245 e. The van der Waals surface area contributed by atoms with Crippen molar-refractivity contribution in [1.82, 2.24) is 9.88 Å². The molecule has 9 heteroatoms. The van der Waals surface area contributed by atoms with Crippen LogP contribution in [0.4, 0.5) is 5.13 Å². The largest absolute Gasteiger partial charge is 0.493 e. The lowest BCUT2D eigenvalue weighted by atomic mass is 9.98. The van der Waals surface area contributed by atoms with Crippen LogP contribution in [0.25, 0.3) is 0 Å². The van der Waals surface area contributed by atoms with Crippen molar-refractivity contribution in [2.75, 3.05) is 38.7 Å². The Kier molecular flexibility index (Phi) is 6.01. The molecule has 0 radical (unpaired) electrons. The van der Waals surface area contributed by atoms with Gasteiger partial charge in [-0.25, -0.2) is 4.98 Å². The van der Waals surface area contributed by atoms with Gasteiger partial charge in [-0.1, -0.05) is 6.07 Å². The summed E-state index contributed by atoms with van der Waals surface area (Å²) >= 11 is 1.44. The molecular formula is C23H27N3O5S. The number of methoxy groups -OCH3 is 1. The van der Waals surface area contributed by atoms with Gasteiger partial charge in [-0.15, -0.1) is 11.3 Å². The van der Waals surface area contributed by atoms with Gasteiger partial charge < -0.3 is 24.4 Å². The Morgan fingerprint density at radius 1 is 1.28 bits per heavy atom. The zero-order chi connectivity index (χ0) is 22.1. The second-order valence-corrected chi connectivity index (χ2v) is 9.45. The molecule has 0 bridgehead atoms. The Labute approximate surface area is 190 Å². The molecular weight excluding hydrogens is 430 g/mol. The van der Waals surface area contributed by atoms with E-state index in [0.717, 1.165) is 17.7 Å². The van der Waals surface area contributed by atoms with Crippen molar-refractivity contribution in [2.45, 2.75) is 43.6 Å². The number of aromatic nitrogens is 1. The van der Waals surface area contributed by atoms with Gasteiger partial charge in [0.05, 0.1) is 32.6 Å². The summed E-state index contributed by atoms with van der Waals surface area (Å²) < 4.78 is 16.9. The van der Waals surface area contributed by atoms with E-state index in [2.05, 4.69) is 10.3 Å². The average molecular weight is 458 g/mol. The summed E-state index contributed by atoms with van der Waals surface area (Å²) in [5, 5.41) is 5.45. The highest BCUT2D eigenvalue weighted by atomic mass is 32.1. The number of hydrogen-bond donors (Lipinski definition) is 1. The number of thiazole rings is 1. The first-order chi connectivity index (χ1) is 15.6. The molecule has 2 aliphatic heterocycles. The van der Waals surface area contributed by atoms with Crippen molar-refractivity contribution in [2.24, 2.45) is 0 Å². The molecule has 2 atom stereocenters. The van der Waals surface area contributed by atoms with E-state index in [1.807, 2.05) is 23.6 Å². The zero-order valence-corrected chi connectivity index (χ0v) is 18.9. The Morgan fingerprint density at radius 2 is 2.16 bits per heavy atom. The number of anilines is 1. The van der Waals surface area contributed by atoms with Crippen molar-refractivity contribution in [3.05, 3.63) is 34.8 Å². The van der Waals surface area contributed by atoms with Gasteiger partial charge in [-0.3, -0.25) is 9.59 Å². The molecule has 8 nitrogen and oxygen atoms in total. The van der Waals surface area contributed by atoms with Crippen LogP contribution in [0.5, 0.6) is 11.5 Å². The van der Waals surface area contributed by atoms with E-state index < -0.39 is 0 Å². The first-order valence-electron chi connectivity index (χ1n) is 11.0. The molecule has 1 aromatic heterocycles. The van der Waals surface area contributed by atoms with Crippen LogP contribution in [0.1, 0.15) is 48.8 Å². The number of amides is 2. The monoisotopic (exact) mass is 457 g/mol. The van der Waals surface area contributed by atoms with Crippen molar-refractivity contribution < 1.29 is 23.8 Å². The molecule has 1 saturated carbocycles. The number of hydrogen-bond acceptors (Lipinski definition) is 7. The van der Waals surface area contributed by atoms with Crippen LogP contribution in [0, 0.1) is 0 Å². The molecule has 3 aliphatic rings. The molecule has 1 N–H and O–H groups in total. The third-order valence-corrected chi connectivity index (χ3v) is 6.93. The lowest BCUT2D eigenvalue weighted by Gasteiger charge is -2.18. The summed E-state index contributed by atoms with van der Waals surface area (Å²) in [5.41, 5.74) is 2.06. The zero-order valence-electron chi connectivity index (χ0n) is 18.0. The van der Waals surface area contributed by atoms with Crippen molar-refractivity contribution in [3.63, 3.8) is 0 Å². The molecule has 0 unspecified atom stereocenters. The van der Waals surface area contributed by atoms with Gasteiger partial charge in [0.25, 0.3) is 0 Å². The Hall–Kier alpha value is -2.65. The predicted octanol–water partition coefficient (Wildman–Crippen LogP) is 3.15. The number of carbonyl (C=O) groups is 2. The molecule has 3 heterocycles. The number of nitrogens with one attached hydrogen (secondary N) is 1. The molecule has 32 heavy (non-hydrogen) atoms. The normalized spacial score (nSPS) is 22.9. The second-order valence-electron chi connectivity index (χ2n) is 8.59. The van der Waals surface area contributed by atoms with Gasteiger partial charge in [-0.05, 0) is 30.5 Å². The van der Waals surface area contributed by atoms with Crippen LogP contribution in [-0.2, 0) is 14.3 Å². The summed E-state index contributed by atoms with van der Waals surface area (Å²) in [5.74, 6) is 1.65. The number of rotatable bonds is 8. The van der Waals surface area contributed by atoms with Crippen molar-refractivity contribution in [1.29, 1.82) is 0 Å². The van der Waals surface area contributed by atoms with E-state index in [9.17, 15) is 9.59 Å². The van der Waals surface area contributed by atoms with Gasteiger partial charge in [0.2, 0.25) is 11.8 Å². The highest BCUT2D eigenvalue weighted by Crippen LogP contribution is 2.41. The maximum absolute atomic E-state index is 12.6. The van der Waals surface area contributed by atoms with Crippen LogP contribution in [0.2, 0.25) is 0 Å². The van der Waals surface area contributed by atoms with E-state index in [0.29, 0.717) is 48.7 Å². The van der Waals surface area contributed by atoms with Crippen molar-refractivity contribution >= 4 is 28.3 Å². The summed E-state index contributed by atoms with van der Waals surface area (Å²) in [7, 11) is 1.61. The molecule has 1 aromatic carbocycles. The number of carbonyl (C=O) groups excluding carboxylic acids is 2. The van der Waals surface area contributed by atoms with Crippen LogP contribution in [0.3, 0.4) is 0 Å². The molecule has 2 saturated heterocycles. The minimum atomic E-state index is -0.212. The first kappa shape index (κ1) is 21.2. The predicted molar refractivity (Wildman–Crippen MR) is 120 cm³/mol. The number of ether oxygens (including phenoxy) is 3. The number of likely N-dealkylation sites (tertiary alicyclic amines) is 1. The third-order valence-electron chi connectivity index (χ3n) is 6.15. The van der Waals surface area contributed by atoms with E-state index in [4.69, 9.17) is 14.2 Å². The Balaban J connectivity index is 1.21. The third kappa shape index (κ3) is 4.73. The highest BCUT2D eigenvalue weighted by Gasteiger charge is 2.33. The standard InChI is InChI=1S/C23H27N3O5S/c1-29-19-5-4-15(8-20(19)31-17-6-7-30-12-17)16-9-22(28)26(10-16)11-21(27)25-23-24-18(13-32-23)14-2-3-14/h4-5,8,13-14,16-17H,2-3,6-7,9-12H2,1H3,(H,24,25,27)/t16-,17-/m1/s1. The van der Waals surface area contributed by atoms with Gasteiger partial charge in [0.15, 0.2) is 16.6 Å². The average Bonchev–Trinajstić information content (AvgIpc) is 3.14. The smallest absolute Gasteiger partial charge is 0.245 e. The number of benzene rings is 1. The molecule has 3 fully saturated rings. The van der Waals surface area contributed by atoms with Gasteiger partial charge in [0, 0.05) is 36.6 Å². The summed E-state index contributed by atoms with van der Waals surface area (Å²) in [6.45, 7) is 1.80. The van der Waals surface area contributed by atoms with E-state index in [1.165, 1.54) is 24.2 Å². The number of nitrogens with zero attached hydrogens (tertiary/aromatic N) is 2. The van der Waals surface area contributed by atoms with Crippen LogP contribution in [0.15, 0.2) is 23.6 Å². The first-order valence-corrected chi connectivity index (χ1v) is 11.9. The molecule has 170 valence electrons. The maximum atomic E-state index is 12.6. The molecule has 5 rings (SSSR count). The van der Waals surface area contributed by atoms with Gasteiger partial charge in [0.1, 0.15) is 6.10 Å². The molecule has 2 aromatic rings. The van der Waals surface area contributed by atoms with E-state index >= 15 is 0 Å². The minimum Gasteiger partial charge on any atom is -0.493 e. The highest BCUT2D eigenvalue weighted by molar-refractivity contribution is 7.13. The minimum absolute atomic E-state index is 0.00437. The van der Waals surface area contributed by atoms with Crippen LogP contribution < -0.4 is 14.8 Å². The SMILES string of the molecule is COc1ccc([C@@H]2CC(=O)N(CC(=O)Nc3nc(C4CC4)cs3)C2)cc1O[C@@H]1CCOC1. The summed E-state index contributed by atoms with van der Waals surface area (Å²) in [4.78, 5) is 31.2. The van der Waals surface area contributed by atoms with Gasteiger partial charge in [-0.2, -0.15) is 0 Å². The lowest BCUT2D eigenvalue weighted by Crippen LogP contribution is -2.34. The summed E-state index contributed by atoms with van der Waals surface area (Å²) in [6.07, 6.45) is 3.57. The van der Waals surface area contributed by atoms with Crippen LogP contribution in [-0.4, -0.2) is 61.2 Å². The Morgan fingerprint density at radius 3 is 2.91 bits per heavy atom. The lowest BCUT2D eigenvalue weighted by molar-refractivity contribution is -0.131. The topological polar surface area (TPSA) is 90.0 Å². The van der Waals surface area contributed by atoms with Crippen LogP contribution >= 0.6 is 11.3 Å². The molecule has 2 amide bonds. The fraction of sp³-hybridized carbons (Fsp3) is 0.522. The molecule has 0 spiro atoms.